The summed E-state index contributed by atoms with van der Waals surface area (Å²) >= 11 is 0. The first kappa shape index (κ1) is 13.7. The lowest BCUT2D eigenvalue weighted by atomic mass is 10.0. The fourth-order valence-electron chi connectivity index (χ4n) is 2.15. The van der Waals surface area contributed by atoms with E-state index < -0.39 is 0 Å². The van der Waals surface area contributed by atoms with E-state index in [1.807, 2.05) is 30.3 Å². The van der Waals surface area contributed by atoms with Crippen molar-refractivity contribution in [2.75, 3.05) is 6.54 Å². The van der Waals surface area contributed by atoms with E-state index in [2.05, 4.69) is 39.7 Å². The lowest BCUT2D eigenvalue weighted by Gasteiger charge is -2.18. The minimum Gasteiger partial charge on any atom is -0.309 e. The molecular formula is C14H21N5. The van der Waals surface area contributed by atoms with Crippen LogP contribution in [0, 0.1) is 0 Å². The molecule has 2 aromatic heterocycles. The number of nitrogens with one attached hydrogen (secondary N) is 1. The Hall–Kier alpha value is -1.75. The summed E-state index contributed by atoms with van der Waals surface area (Å²) in [5, 5.41) is 11.6. The number of pyridine rings is 1. The van der Waals surface area contributed by atoms with Gasteiger partial charge in [0, 0.05) is 19.4 Å². The summed E-state index contributed by atoms with van der Waals surface area (Å²) in [7, 11) is 1.94. The van der Waals surface area contributed by atoms with Crippen molar-refractivity contribution in [3.05, 3.63) is 42.0 Å². The van der Waals surface area contributed by atoms with Gasteiger partial charge in [-0.2, -0.15) is 0 Å². The van der Waals surface area contributed by atoms with Gasteiger partial charge in [-0.1, -0.05) is 12.1 Å². The molecule has 2 heterocycles. The first-order chi connectivity index (χ1) is 9.31. The second-order valence-corrected chi connectivity index (χ2v) is 4.68. The zero-order valence-corrected chi connectivity index (χ0v) is 11.6. The summed E-state index contributed by atoms with van der Waals surface area (Å²) in [6.45, 7) is 3.18. The van der Waals surface area contributed by atoms with Crippen LogP contribution >= 0.6 is 0 Å². The first-order valence-electron chi connectivity index (χ1n) is 6.78. The molecule has 1 unspecified atom stereocenters. The molecule has 19 heavy (non-hydrogen) atoms. The van der Waals surface area contributed by atoms with Gasteiger partial charge in [0.15, 0.2) is 0 Å². The summed E-state index contributed by atoms with van der Waals surface area (Å²) < 4.78 is 1.85. The van der Waals surface area contributed by atoms with Crippen LogP contribution in [0.25, 0.3) is 0 Å². The molecule has 0 saturated heterocycles. The van der Waals surface area contributed by atoms with Crippen LogP contribution < -0.4 is 5.32 Å². The van der Waals surface area contributed by atoms with E-state index in [1.54, 1.807) is 0 Å². The van der Waals surface area contributed by atoms with Gasteiger partial charge in [-0.3, -0.25) is 9.67 Å². The summed E-state index contributed by atoms with van der Waals surface area (Å²) in [6, 6.07) is 4.43. The van der Waals surface area contributed by atoms with Gasteiger partial charge < -0.3 is 5.32 Å². The number of aromatic nitrogens is 4. The van der Waals surface area contributed by atoms with E-state index >= 15 is 0 Å². The second-order valence-electron chi connectivity index (χ2n) is 4.68. The van der Waals surface area contributed by atoms with Crippen molar-refractivity contribution in [1.29, 1.82) is 0 Å². The Morgan fingerprint density at radius 1 is 1.32 bits per heavy atom. The van der Waals surface area contributed by atoms with Crippen LogP contribution in [-0.4, -0.2) is 26.5 Å². The molecule has 1 atom stereocenters. The summed E-state index contributed by atoms with van der Waals surface area (Å²) in [6.07, 6.45) is 8.71. The van der Waals surface area contributed by atoms with Crippen LogP contribution in [0.15, 0.2) is 30.7 Å². The number of nitrogens with zero attached hydrogens (tertiary/aromatic N) is 4. The highest BCUT2D eigenvalue weighted by Crippen LogP contribution is 2.17. The van der Waals surface area contributed by atoms with Gasteiger partial charge in [-0.15, -0.1) is 5.10 Å². The van der Waals surface area contributed by atoms with Crippen molar-refractivity contribution in [3.63, 3.8) is 0 Å². The molecule has 2 aromatic rings. The quantitative estimate of drug-likeness (QED) is 0.825. The molecule has 0 aliphatic carbocycles. The molecule has 1 N–H and O–H groups in total. The monoisotopic (exact) mass is 259 g/mol. The number of hydrogen-bond donors (Lipinski definition) is 1. The van der Waals surface area contributed by atoms with Gasteiger partial charge in [0.2, 0.25) is 0 Å². The Balaban J connectivity index is 2.00. The fraction of sp³-hybridized carbons (Fsp3) is 0.500. The molecule has 0 spiro atoms. The van der Waals surface area contributed by atoms with Crippen LogP contribution in [0.5, 0.6) is 0 Å². The lowest BCUT2D eigenvalue weighted by molar-refractivity contribution is 0.467. The number of aryl methyl sites for hydroxylation is 2. The average molecular weight is 259 g/mol. The fourth-order valence-corrected chi connectivity index (χ4v) is 2.15. The average Bonchev–Trinajstić information content (AvgIpc) is 2.86. The van der Waals surface area contributed by atoms with Gasteiger partial charge in [0.1, 0.15) is 0 Å². The maximum atomic E-state index is 4.05. The SMILES string of the molecule is CCCNC(CCc1ccncc1)c1cnnn1C. The second kappa shape index (κ2) is 6.99. The predicted octanol–water partition coefficient (Wildman–Crippen LogP) is 1.88. The van der Waals surface area contributed by atoms with Crippen LogP contribution in [0.4, 0.5) is 0 Å². The Labute approximate surface area is 114 Å². The first-order valence-corrected chi connectivity index (χ1v) is 6.78. The largest absolute Gasteiger partial charge is 0.309 e. The molecule has 0 saturated carbocycles. The summed E-state index contributed by atoms with van der Waals surface area (Å²) in [4.78, 5) is 4.05. The maximum absolute atomic E-state index is 4.05. The minimum atomic E-state index is 0.299. The molecule has 5 heteroatoms. The van der Waals surface area contributed by atoms with E-state index in [0.29, 0.717) is 6.04 Å². The van der Waals surface area contributed by atoms with Crippen LogP contribution in [0.2, 0.25) is 0 Å². The highest BCUT2D eigenvalue weighted by molar-refractivity contribution is 5.11. The van der Waals surface area contributed by atoms with Crippen molar-refractivity contribution in [2.45, 2.75) is 32.2 Å². The van der Waals surface area contributed by atoms with Crippen LogP contribution in [-0.2, 0) is 13.5 Å². The van der Waals surface area contributed by atoms with Crippen molar-refractivity contribution < 1.29 is 0 Å². The minimum absolute atomic E-state index is 0.299. The van der Waals surface area contributed by atoms with E-state index in [4.69, 9.17) is 0 Å². The topological polar surface area (TPSA) is 55.6 Å². The van der Waals surface area contributed by atoms with E-state index in [1.165, 1.54) is 5.56 Å². The molecule has 0 bridgehead atoms. The van der Waals surface area contributed by atoms with E-state index in [0.717, 1.165) is 31.5 Å². The molecular weight excluding hydrogens is 238 g/mol. The molecule has 5 nitrogen and oxygen atoms in total. The molecule has 102 valence electrons. The van der Waals surface area contributed by atoms with Gasteiger partial charge in [-0.25, -0.2) is 0 Å². The van der Waals surface area contributed by atoms with Crippen LogP contribution in [0.3, 0.4) is 0 Å². The molecule has 2 rings (SSSR count). The van der Waals surface area contributed by atoms with Gasteiger partial charge >= 0.3 is 0 Å². The van der Waals surface area contributed by atoms with Crippen molar-refractivity contribution >= 4 is 0 Å². The van der Waals surface area contributed by atoms with Crippen molar-refractivity contribution in [2.24, 2.45) is 7.05 Å². The normalized spacial score (nSPS) is 12.5. The van der Waals surface area contributed by atoms with Crippen LogP contribution in [0.1, 0.15) is 37.1 Å². The predicted molar refractivity (Wildman–Crippen MR) is 74.6 cm³/mol. The highest BCUT2D eigenvalue weighted by Gasteiger charge is 2.14. The van der Waals surface area contributed by atoms with Gasteiger partial charge in [-0.05, 0) is 43.5 Å². The molecule has 0 radical (unpaired) electrons. The maximum Gasteiger partial charge on any atom is 0.0753 e. The third-order valence-electron chi connectivity index (χ3n) is 3.22. The van der Waals surface area contributed by atoms with Crippen molar-refractivity contribution in [3.8, 4) is 0 Å². The molecule has 0 aliphatic heterocycles. The Morgan fingerprint density at radius 2 is 2.11 bits per heavy atom. The summed E-state index contributed by atoms with van der Waals surface area (Å²) in [5.41, 5.74) is 2.45. The standard InChI is InChI=1S/C14H21N5/c1-3-8-16-13(14-11-17-18-19(14)2)5-4-12-6-9-15-10-7-12/h6-7,9-11,13,16H,3-5,8H2,1-2H3. The Morgan fingerprint density at radius 3 is 2.74 bits per heavy atom. The lowest BCUT2D eigenvalue weighted by Crippen LogP contribution is -2.24. The molecule has 0 aromatic carbocycles. The van der Waals surface area contributed by atoms with Gasteiger partial charge in [0.25, 0.3) is 0 Å². The smallest absolute Gasteiger partial charge is 0.0753 e. The zero-order valence-electron chi connectivity index (χ0n) is 11.6. The molecule has 0 amide bonds. The molecule has 0 aliphatic rings. The zero-order chi connectivity index (χ0) is 13.5. The third kappa shape index (κ3) is 3.86. The van der Waals surface area contributed by atoms with E-state index in [-0.39, 0.29) is 0 Å². The van der Waals surface area contributed by atoms with Gasteiger partial charge in [0.05, 0.1) is 17.9 Å². The van der Waals surface area contributed by atoms with E-state index in [9.17, 15) is 0 Å². The third-order valence-corrected chi connectivity index (χ3v) is 3.22. The Bertz CT molecular complexity index is 480. The Kier molecular flexibility index (Phi) is 5.03. The summed E-state index contributed by atoms with van der Waals surface area (Å²) in [5.74, 6) is 0. The molecule has 0 fully saturated rings. The highest BCUT2D eigenvalue weighted by atomic mass is 15.4. The van der Waals surface area contributed by atoms with Crippen molar-refractivity contribution in [1.82, 2.24) is 25.3 Å². The number of hydrogen-bond acceptors (Lipinski definition) is 4. The number of rotatable bonds is 7.